The number of aryl methyl sites for hydroxylation is 4. The van der Waals surface area contributed by atoms with Crippen molar-refractivity contribution >= 4 is 24.0 Å². The van der Waals surface area contributed by atoms with E-state index in [1.807, 2.05) is 49.9 Å². The van der Waals surface area contributed by atoms with Gasteiger partial charge in [-0.2, -0.15) is 0 Å². The third kappa shape index (κ3) is 10.1. The van der Waals surface area contributed by atoms with Crippen LogP contribution >= 0.6 is 0 Å². The number of hydrogen-bond donors (Lipinski definition) is 4. The molecule has 14 nitrogen and oxygen atoms in total. The number of aromatic amines is 2. The van der Waals surface area contributed by atoms with Crippen LogP contribution in [-0.2, 0) is 44.7 Å². The summed E-state index contributed by atoms with van der Waals surface area (Å²) in [5, 5.41) is 5.46. The maximum atomic E-state index is 13.8. The number of likely N-dealkylation sites (tertiary alicyclic amines) is 2. The van der Waals surface area contributed by atoms with Gasteiger partial charge in [-0.1, -0.05) is 113 Å². The Hall–Kier alpha value is -7.22. The minimum Gasteiger partial charge on any atom is -0.453 e. The van der Waals surface area contributed by atoms with Crippen molar-refractivity contribution in [3.8, 4) is 44.8 Å². The van der Waals surface area contributed by atoms with Gasteiger partial charge in [0.05, 0.1) is 50.1 Å². The van der Waals surface area contributed by atoms with Gasteiger partial charge in [0, 0.05) is 13.1 Å². The number of methoxy groups -OCH3 is 2. The highest BCUT2D eigenvalue weighted by Crippen LogP contribution is 2.38. The Labute approximate surface area is 410 Å². The molecule has 6 aliphatic rings. The fourth-order valence-electron chi connectivity index (χ4n) is 10.4. The number of aromatic nitrogens is 4. The lowest BCUT2D eigenvalue weighted by atomic mass is 9.85. The van der Waals surface area contributed by atoms with Gasteiger partial charge in [0.15, 0.2) is 0 Å². The third-order valence-electron chi connectivity index (χ3n) is 14.4. The molecule has 4 bridgehead atoms. The summed E-state index contributed by atoms with van der Waals surface area (Å²) in [6, 6.07) is 29.4. The second kappa shape index (κ2) is 20.8. The minimum atomic E-state index is -0.694. The van der Waals surface area contributed by atoms with E-state index in [-0.39, 0.29) is 35.7 Å². The Morgan fingerprint density at radius 1 is 0.557 bits per heavy atom. The van der Waals surface area contributed by atoms with Gasteiger partial charge in [-0.3, -0.25) is 9.59 Å². The third-order valence-corrected chi connectivity index (χ3v) is 14.4. The molecule has 364 valence electrons. The Bertz CT molecular complexity index is 2640. The lowest BCUT2D eigenvalue weighted by Gasteiger charge is -2.30. The average molecular weight is 945 g/mol. The van der Waals surface area contributed by atoms with Gasteiger partial charge in [0.1, 0.15) is 23.7 Å². The van der Waals surface area contributed by atoms with Crippen LogP contribution in [0.1, 0.15) is 99.4 Å². The molecule has 4 amide bonds. The molecule has 6 aromatic rings. The lowest BCUT2D eigenvalue weighted by Crippen LogP contribution is -2.51. The largest absolute Gasteiger partial charge is 0.453 e. The first-order chi connectivity index (χ1) is 33.9. The van der Waals surface area contributed by atoms with E-state index in [9.17, 15) is 19.2 Å². The van der Waals surface area contributed by atoms with E-state index in [4.69, 9.17) is 19.4 Å². The Morgan fingerprint density at radius 2 is 0.929 bits per heavy atom. The highest BCUT2D eigenvalue weighted by atomic mass is 16.5. The number of hydrogen-bond acceptors (Lipinski definition) is 8. The zero-order valence-corrected chi connectivity index (χ0v) is 41.0. The number of benzene rings is 4. The van der Waals surface area contributed by atoms with Gasteiger partial charge in [-0.25, -0.2) is 19.6 Å². The molecule has 2 aromatic heterocycles. The van der Waals surface area contributed by atoms with Gasteiger partial charge >= 0.3 is 12.2 Å². The summed E-state index contributed by atoms with van der Waals surface area (Å²) in [6.07, 6.45) is 9.31. The normalized spacial score (nSPS) is 17.6. The molecule has 0 radical (unpaired) electrons. The molecular weight excluding hydrogens is 881 g/mol. The summed E-state index contributed by atoms with van der Waals surface area (Å²) < 4.78 is 9.62. The van der Waals surface area contributed by atoms with Crippen LogP contribution in [0.25, 0.3) is 44.8 Å². The molecular formula is C56H64N8O6. The summed E-state index contributed by atoms with van der Waals surface area (Å²) in [4.78, 5) is 72.0. The van der Waals surface area contributed by atoms with Crippen LogP contribution in [0.4, 0.5) is 9.59 Å². The second-order valence-electron chi connectivity index (χ2n) is 19.6. The number of H-pyrrole nitrogens is 2. The topological polar surface area (TPSA) is 175 Å². The van der Waals surface area contributed by atoms with E-state index in [2.05, 4.69) is 106 Å². The van der Waals surface area contributed by atoms with Crippen molar-refractivity contribution < 1.29 is 28.7 Å². The highest BCUT2D eigenvalue weighted by molar-refractivity contribution is 5.87. The minimum absolute atomic E-state index is 0.111. The molecule has 4 aromatic carbocycles. The van der Waals surface area contributed by atoms with Crippen molar-refractivity contribution in [2.45, 2.75) is 103 Å². The van der Waals surface area contributed by atoms with Crippen molar-refractivity contribution in [3.05, 3.63) is 131 Å². The van der Waals surface area contributed by atoms with Gasteiger partial charge in [-0.05, 0) is 119 Å². The van der Waals surface area contributed by atoms with Crippen LogP contribution in [0.2, 0.25) is 0 Å². The van der Waals surface area contributed by atoms with Crippen molar-refractivity contribution in [2.24, 2.45) is 11.8 Å². The molecule has 14 heteroatoms. The van der Waals surface area contributed by atoms with Crippen molar-refractivity contribution in [3.63, 3.8) is 0 Å². The van der Waals surface area contributed by atoms with Gasteiger partial charge in [0.25, 0.3) is 0 Å². The number of ether oxygens (including phenoxy) is 2. The predicted molar refractivity (Wildman–Crippen MR) is 269 cm³/mol. The molecule has 2 fully saturated rings. The number of amides is 4. The van der Waals surface area contributed by atoms with Crippen LogP contribution in [0.3, 0.4) is 0 Å². The van der Waals surface area contributed by atoms with E-state index in [1.54, 1.807) is 0 Å². The maximum Gasteiger partial charge on any atom is 0.407 e. The zero-order valence-electron chi connectivity index (χ0n) is 41.0. The van der Waals surface area contributed by atoms with E-state index in [0.29, 0.717) is 13.1 Å². The first-order valence-electron chi connectivity index (χ1n) is 24.7. The summed E-state index contributed by atoms with van der Waals surface area (Å²) >= 11 is 0. The number of nitrogens with one attached hydrogen (secondary N) is 4. The van der Waals surface area contributed by atoms with Crippen molar-refractivity contribution in [1.82, 2.24) is 40.4 Å². The predicted octanol–water partition coefficient (Wildman–Crippen LogP) is 9.77. The lowest BCUT2D eigenvalue weighted by molar-refractivity contribution is -0.136. The van der Waals surface area contributed by atoms with Crippen molar-refractivity contribution in [2.75, 3.05) is 27.3 Å². The maximum absolute atomic E-state index is 13.8. The van der Waals surface area contributed by atoms with Gasteiger partial charge < -0.3 is 39.9 Å². The Morgan fingerprint density at radius 3 is 1.29 bits per heavy atom. The van der Waals surface area contributed by atoms with E-state index >= 15 is 0 Å². The second-order valence-corrected chi connectivity index (χ2v) is 19.6. The number of imidazole rings is 2. The zero-order chi connectivity index (χ0) is 49.1. The molecule has 2 saturated heterocycles. The van der Waals surface area contributed by atoms with E-state index < -0.39 is 24.3 Å². The Kier molecular flexibility index (Phi) is 14.2. The molecule has 4 unspecified atom stereocenters. The molecule has 4 heterocycles. The molecule has 2 aliphatic heterocycles. The number of carbonyl (C=O) groups excluding carboxylic acids is 4. The number of nitrogens with zero attached hydrogens (tertiary/aromatic N) is 4. The molecule has 0 saturated carbocycles. The quantitative estimate of drug-likeness (QED) is 0.0938. The fourth-order valence-corrected chi connectivity index (χ4v) is 10.4. The SMILES string of the molecule is COC(=O)NC(C(=O)N1CCCC1c1ncc(-c2ccc(-c3cc4c(-c5ccc(-c6cnc(C7CCCN7C(=O)C(NC(=O)OC)C(C)C)[nH]6)cc5)cc3CCc3ccc(cc3)CC4)cc2)[nH]1)C(C)C. The molecule has 4 N–H and O–H groups in total. The highest BCUT2D eigenvalue weighted by Gasteiger charge is 2.39. The molecule has 4 atom stereocenters. The summed E-state index contributed by atoms with van der Waals surface area (Å²) in [7, 11) is 2.60. The van der Waals surface area contributed by atoms with Crippen LogP contribution < -0.4 is 10.6 Å². The molecule has 0 spiro atoms. The van der Waals surface area contributed by atoms with E-state index in [0.717, 1.165) is 96.7 Å². The summed E-state index contributed by atoms with van der Waals surface area (Å²) in [5.74, 6) is 0.986. The monoisotopic (exact) mass is 944 g/mol. The smallest absolute Gasteiger partial charge is 0.407 e. The average Bonchev–Trinajstić information content (AvgIpc) is 4.23. The molecule has 12 rings (SSSR count). The van der Waals surface area contributed by atoms with Crippen LogP contribution in [0.5, 0.6) is 0 Å². The van der Waals surface area contributed by atoms with Gasteiger partial charge in [0.2, 0.25) is 11.8 Å². The van der Waals surface area contributed by atoms with Crippen molar-refractivity contribution in [1.29, 1.82) is 0 Å². The van der Waals surface area contributed by atoms with Crippen LogP contribution in [0, 0.1) is 11.8 Å². The first kappa shape index (κ1) is 47.8. The van der Waals surface area contributed by atoms with E-state index in [1.165, 1.54) is 47.6 Å². The summed E-state index contributed by atoms with van der Waals surface area (Å²) in [6.45, 7) is 8.85. The van der Waals surface area contributed by atoms with Gasteiger partial charge in [-0.15, -0.1) is 0 Å². The first-order valence-corrected chi connectivity index (χ1v) is 24.7. The molecule has 70 heavy (non-hydrogen) atoms. The number of rotatable bonds is 12. The number of alkyl carbamates (subject to hydrolysis) is 2. The molecule has 4 aliphatic carbocycles. The summed E-state index contributed by atoms with van der Waals surface area (Å²) in [5.41, 5.74) is 13.7. The number of carbonyl (C=O) groups is 4. The standard InChI is InChI=1S/C56H64N8O6/c1-33(2)49(61-55(67)69-5)53(65)63-27-7-9-47(63)51-57-31-45(59-51)39-23-19-37(20-24-39)43-29-42-18-16-36-13-11-35(12-14-36)15-17-41(43)30-44(42)38-21-25-40(26-22-38)46-32-58-52(60-46)48-10-8-28-64(48)54(66)50(34(3)4)62-56(68)70-6/h11-14,19-26,29-34,47-50H,7-10,15-18,27-28H2,1-6H3,(H,57,59)(H,58,60)(H,61,67)(H,62,68). The van der Waals surface area contributed by atoms with Crippen LogP contribution in [-0.4, -0.2) is 93.1 Å². The van der Waals surface area contributed by atoms with Crippen LogP contribution in [0.15, 0.2) is 97.3 Å². The Balaban J connectivity index is 0.958. The fraction of sp³-hybridized carbons (Fsp3) is 0.393.